The van der Waals surface area contributed by atoms with E-state index in [4.69, 9.17) is 10.1 Å². The van der Waals surface area contributed by atoms with Gasteiger partial charge in [-0.15, -0.1) is 11.8 Å². The molecule has 2 aromatic rings. The van der Waals surface area contributed by atoms with Crippen molar-refractivity contribution in [3.63, 3.8) is 0 Å². The van der Waals surface area contributed by atoms with Gasteiger partial charge in [-0.2, -0.15) is 0 Å². The van der Waals surface area contributed by atoms with Crippen LogP contribution < -0.4 is 0 Å². The zero-order valence-electron chi connectivity index (χ0n) is 10.6. The van der Waals surface area contributed by atoms with Gasteiger partial charge in [0.25, 0.3) is 0 Å². The van der Waals surface area contributed by atoms with Crippen LogP contribution in [-0.2, 0) is 17.6 Å². The molecule has 0 saturated carbocycles. The Hall–Kier alpha value is -1.55. The molecule has 0 spiro atoms. The number of aromatic nitrogens is 1. The second kappa shape index (κ2) is 5.21. The van der Waals surface area contributed by atoms with Crippen LogP contribution in [0.15, 0.2) is 29.2 Å². The van der Waals surface area contributed by atoms with Gasteiger partial charge in [0.05, 0.1) is 11.3 Å². The van der Waals surface area contributed by atoms with E-state index in [1.807, 2.05) is 24.3 Å². The highest BCUT2D eigenvalue weighted by molar-refractivity contribution is 8.00. The number of rotatable bonds is 3. The van der Waals surface area contributed by atoms with Crippen molar-refractivity contribution in [3.8, 4) is 0 Å². The van der Waals surface area contributed by atoms with Crippen molar-refractivity contribution >= 4 is 28.6 Å². The lowest BCUT2D eigenvalue weighted by molar-refractivity contribution is -0.133. The Kier molecular flexibility index (Phi) is 3.42. The van der Waals surface area contributed by atoms with Crippen LogP contribution in [0, 0.1) is 0 Å². The second-order valence-corrected chi connectivity index (χ2v) is 5.76. The molecule has 0 aliphatic heterocycles. The molecule has 0 fully saturated rings. The number of nitrogens with zero attached hydrogens (tertiary/aromatic N) is 1. The minimum absolute atomic E-state index is 0.112. The molecule has 0 amide bonds. The maximum atomic E-state index is 10.8. The molecule has 19 heavy (non-hydrogen) atoms. The third-order valence-electron chi connectivity index (χ3n) is 3.46. The summed E-state index contributed by atoms with van der Waals surface area (Å²) in [7, 11) is 0. The Labute approximate surface area is 116 Å². The minimum Gasteiger partial charge on any atom is -0.481 e. The van der Waals surface area contributed by atoms with Crippen LogP contribution in [0.5, 0.6) is 0 Å². The summed E-state index contributed by atoms with van der Waals surface area (Å²) in [6, 6.07) is 8.02. The number of benzene rings is 1. The first-order valence-electron chi connectivity index (χ1n) is 6.51. The highest BCUT2D eigenvalue weighted by Gasteiger charge is 2.18. The van der Waals surface area contributed by atoms with Gasteiger partial charge in [-0.1, -0.05) is 18.2 Å². The van der Waals surface area contributed by atoms with Gasteiger partial charge in [0.15, 0.2) is 0 Å². The van der Waals surface area contributed by atoms with Crippen LogP contribution >= 0.6 is 11.8 Å². The number of fused-ring (bicyclic) bond motifs is 2. The summed E-state index contributed by atoms with van der Waals surface area (Å²) in [5.41, 5.74) is 3.42. The molecule has 3 nitrogen and oxygen atoms in total. The number of aryl methyl sites for hydroxylation is 1. The van der Waals surface area contributed by atoms with Crippen molar-refractivity contribution in [1.29, 1.82) is 0 Å². The number of hydrogen-bond donors (Lipinski definition) is 1. The quantitative estimate of drug-likeness (QED) is 0.872. The monoisotopic (exact) mass is 273 g/mol. The van der Waals surface area contributed by atoms with E-state index in [1.165, 1.54) is 30.2 Å². The normalized spacial score (nSPS) is 14.3. The van der Waals surface area contributed by atoms with Gasteiger partial charge in [-0.25, -0.2) is 0 Å². The van der Waals surface area contributed by atoms with Crippen LogP contribution in [-0.4, -0.2) is 21.8 Å². The lowest BCUT2D eigenvalue weighted by Crippen LogP contribution is -2.08. The molecule has 1 aromatic carbocycles. The predicted octanol–water partition coefficient (Wildman–Crippen LogP) is 3.29. The predicted molar refractivity (Wildman–Crippen MR) is 76.7 cm³/mol. The van der Waals surface area contributed by atoms with Gasteiger partial charge in [0.2, 0.25) is 0 Å². The maximum absolute atomic E-state index is 10.8. The molecule has 0 saturated heterocycles. The lowest BCUT2D eigenvalue weighted by atomic mass is 9.94. The van der Waals surface area contributed by atoms with E-state index < -0.39 is 5.97 Å². The fourth-order valence-electron chi connectivity index (χ4n) is 2.63. The highest BCUT2D eigenvalue weighted by atomic mass is 32.2. The van der Waals surface area contributed by atoms with E-state index in [0.29, 0.717) is 0 Å². The minimum atomic E-state index is -0.768. The topological polar surface area (TPSA) is 50.2 Å². The Morgan fingerprint density at radius 3 is 2.89 bits per heavy atom. The first kappa shape index (κ1) is 12.5. The fraction of sp³-hybridized carbons (Fsp3) is 0.333. The molecule has 0 unspecified atom stereocenters. The highest BCUT2D eigenvalue weighted by Crippen LogP contribution is 2.35. The molecular formula is C15H15NO2S. The Bertz CT molecular complexity index is 639. The Morgan fingerprint density at radius 1 is 1.26 bits per heavy atom. The zero-order chi connectivity index (χ0) is 13.2. The van der Waals surface area contributed by atoms with Crippen molar-refractivity contribution in [3.05, 3.63) is 35.5 Å². The van der Waals surface area contributed by atoms with Gasteiger partial charge in [-0.3, -0.25) is 9.78 Å². The summed E-state index contributed by atoms with van der Waals surface area (Å²) in [4.78, 5) is 16.7. The number of pyridine rings is 1. The molecule has 1 aliphatic carbocycles. The standard InChI is InChI=1S/C15H15NO2S/c17-14(18)9-19-15-10-5-1-3-7-12(10)16-13-8-4-2-6-11(13)15/h1,3,5,7H,2,4,6,8-9H2,(H,17,18). The molecule has 0 atom stereocenters. The van der Waals surface area contributed by atoms with Crippen LogP contribution in [0.25, 0.3) is 10.9 Å². The summed E-state index contributed by atoms with van der Waals surface area (Å²) in [5, 5.41) is 10.0. The number of hydrogen-bond acceptors (Lipinski definition) is 3. The molecule has 98 valence electrons. The molecule has 1 aromatic heterocycles. The lowest BCUT2D eigenvalue weighted by Gasteiger charge is -2.20. The molecule has 1 N–H and O–H groups in total. The van der Waals surface area contributed by atoms with E-state index in [2.05, 4.69) is 0 Å². The summed E-state index contributed by atoms with van der Waals surface area (Å²) in [5.74, 6) is -0.657. The van der Waals surface area contributed by atoms with E-state index in [-0.39, 0.29) is 5.75 Å². The van der Waals surface area contributed by atoms with Crippen molar-refractivity contribution in [1.82, 2.24) is 4.98 Å². The smallest absolute Gasteiger partial charge is 0.313 e. The van der Waals surface area contributed by atoms with E-state index >= 15 is 0 Å². The van der Waals surface area contributed by atoms with Crippen LogP contribution in [0.3, 0.4) is 0 Å². The third-order valence-corrected chi connectivity index (χ3v) is 4.60. The Morgan fingerprint density at radius 2 is 2.05 bits per heavy atom. The van der Waals surface area contributed by atoms with Crippen molar-refractivity contribution < 1.29 is 9.90 Å². The summed E-state index contributed by atoms with van der Waals surface area (Å²) in [6.07, 6.45) is 4.39. The first-order chi connectivity index (χ1) is 9.25. The second-order valence-electron chi connectivity index (χ2n) is 4.77. The van der Waals surface area contributed by atoms with Gasteiger partial charge >= 0.3 is 5.97 Å². The average Bonchev–Trinajstić information content (AvgIpc) is 2.43. The zero-order valence-corrected chi connectivity index (χ0v) is 11.4. The number of carboxylic acids is 1. The Balaban J connectivity index is 2.16. The largest absolute Gasteiger partial charge is 0.481 e. The molecule has 3 rings (SSSR count). The van der Waals surface area contributed by atoms with Gasteiger partial charge in [0, 0.05) is 16.0 Å². The number of carboxylic acid groups (broad SMARTS) is 1. The van der Waals surface area contributed by atoms with Crippen molar-refractivity contribution in [2.45, 2.75) is 30.6 Å². The summed E-state index contributed by atoms with van der Waals surface area (Å²) >= 11 is 1.43. The molecular weight excluding hydrogens is 258 g/mol. The van der Waals surface area contributed by atoms with E-state index in [1.54, 1.807) is 0 Å². The van der Waals surface area contributed by atoms with E-state index in [9.17, 15) is 4.79 Å². The molecule has 4 heteroatoms. The maximum Gasteiger partial charge on any atom is 0.313 e. The van der Waals surface area contributed by atoms with Gasteiger partial charge < -0.3 is 5.11 Å². The molecule has 1 aliphatic rings. The fourth-order valence-corrected chi connectivity index (χ4v) is 3.62. The summed E-state index contributed by atoms with van der Waals surface area (Å²) < 4.78 is 0. The molecule has 0 bridgehead atoms. The SMILES string of the molecule is O=C(O)CSc1c2c(nc3ccccc13)CCCC2. The van der Waals surface area contributed by atoms with Crippen LogP contribution in [0.4, 0.5) is 0 Å². The third kappa shape index (κ3) is 2.45. The van der Waals surface area contributed by atoms with Crippen molar-refractivity contribution in [2.24, 2.45) is 0 Å². The summed E-state index contributed by atoms with van der Waals surface area (Å²) in [6.45, 7) is 0. The van der Waals surface area contributed by atoms with Crippen molar-refractivity contribution in [2.75, 3.05) is 5.75 Å². The average molecular weight is 273 g/mol. The number of para-hydroxylation sites is 1. The molecule has 0 radical (unpaired) electrons. The number of aliphatic carboxylic acids is 1. The van der Waals surface area contributed by atoms with Gasteiger partial charge in [-0.05, 0) is 37.3 Å². The van der Waals surface area contributed by atoms with Crippen LogP contribution in [0.1, 0.15) is 24.1 Å². The van der Waals surface area contributed by atoms with E-state index in [0.717, 1.165) is 34.3 Å². The number of carbonyl (C=O) groups is 1. The first-order valence-corrected chi connectivity index (χ1v) is 7.49. The van der Waals surface area contributed by atoms with Gasteiger partial charge in [0.1, 0.15) is 0 Å². The molecule has 1 heterocycles. The number of thioether (sulfide) groups is 1. The van der Waals surface area contributed by atoms with Crippen LogP contribution in [0.2, 0.25) is 0 Å².